The number of carbonyl (C=O) groups is 2. The molecule has 0 aromatic heterocycles. The Morgan fingerprint density at radius 2 is 1.03 bits per heavy atom. The van der Waals surface area contributed by atoms with Crippen LogP contribution in [0.1, 0.15) is 65.2 Å². The van der Waals surface area contributed by atoms with Gasteiger partial charge in [0.2, 0.25) is 0 Å². The highest BCUT2D eigenvalue weighted by Gasteiger charge is 2.07. The fourth-order valence-electron chi connectivity index (χ4n) is 2.92. The highest BCUT2D eigenvalue weighted by molar-refractivity contribution is 5.69. The summed E-state index contributed by atoms with van der Waals surface area (Å²) in [7, 11) is 0. The van der Waals surface area contributed by atoms with Crippen LogP contribution in [0.4, 0.5) is 0 Å². The van der Waals surface area contributed by atoms with E-state index in [1.807, 2.05) is 13.8 Å². The molecule has 0 bridgehead atoms. The minimum atomic E-state index is -0.216. The van der Waals surface area contributed by atoms with Crippen LogP contribution >= 0.6 is 0 Å². The van der Waals surface area contributed by atoms with Gasteiger partial charge in [0.05, 0.1) is 65.1 Å². The summed E-state index contributed by atoms with van der Waals surface area (Å²) in [6.45, 7) is 6.15. The molecular weight excluding hydrogens is 448 g/mol. The highest BCUT2D eigenvalue weighted by atomic mass is 16.6. The first-order chi connectivity index (χ1) is 16.5. The number of rotatable bonds is 25. The van der Waals surface area contributed by atoms with Gasteiger partial charge in [-0.05, 0) is 26.7 Å². The Balaban J connectivity index is 3.38. The predicted molar refractivity (Wildman–Crippen MR) is 125 cm³/mol. The van der Waals surface area contributed by atoms with Gasteiger partial charge in [0.25, 0.3) is 0 Å². The maximum absolute atomic E-state index is 11.7. The molecule has 2 atom stereocenters. The maximum Gasteiger partial charge on any atom is 0.305 e. The lowest BCUT2D eigenvalue weighted by atomic mass is 10.1. The van der Waals surface area contributed by atoms with Gasteiger partial charge in [-0.3, -0.25) is 9.59 Å². The van der Waals surface area contributed by atoms with E-state index in [2.05, 4.69) is 0 Å². The minimum Gasteiger partial charge on any atom is -0.463 e. The Hall–Kier alpha value is -1.30. The average molecular weight is 495 g/mol. The molecule has 0 aromatic carbocycles. The van der Waals surface area contributed by atoms with Gasteiger partial charge in [-0.15, -0.1) is 0 Å². The molecule has 0 fully saturated rings. The van der Waals surface area contributed by atoms with Crippen LogP contribution in [0.5, 0.6) is 0 Å². The summed E-state index contributed by atoms with van der Waals surface area (Å²) in [5, 5.41) is 17.3. The van der Waals surface area contributed by atoms with Crippen molar-refractivity contribution in [3.63, 3.8) is 0 Å². The molecule has 0 heterocycles. The van der Waals surface area contributed by atoms with Gasteiger partial charge in [-0.25, -0.2) is 0 Å². The molecular formula is C24H46O10. The third kappa shape index (κ3) is 23.8. The molecule has 0 rings (SSSR count). The Morgan fingerprint density at radius 3 is 1.56 bits per heavy atom. The van der Waals surface area contributed by atoms with E-state index in [0.717, 1.165) is 38.5 Å². The molecule has 0 aliphatic rings. The summed E-state index contributed by atoms with van der Waals surface area (Å²) in [4.78, 5) is 23.4. The Labute approximate surface area is 204 Å². The third-order valence-electron chi connectivity index (χ3n) is 4.69. The molecule has 0 aliphatic carbocycles. The van der Waals surface area contributed by atoms with E-state index >= 15 is 0 Å². The van der Waals surface area contributed by atoms with E-state index in [0.29, 0.717) is 39.3 Å². The van der Waals surface area contributed by atoms with Gasteiger partial charge in [-0.1, -0.05) is 25.7 Å². The van der Waals surface area contributed by atoms with Crippen LogP contribution in [-0.2, 0) is 38.0 Å². The van der Waals surface area contributed by atoms with Gasteiger partial charge in [-0.2, -0.15) is 0 Å². The van der Waals surface area contributed by atoms with E-state index in [9.17, 15) is 9.59 Å². The normalized spacial score (nSPS) is 12.9. The summed E-state index contributed by atoms with van der Waals surface area (Å²) >= 11 is 0. The lowest BCUT2D eigenvalue weighted by molar-refractivity contribution is -0.147. The van der Waals surface area contributed by atoms with E-state index in [4.69, 9.17) is 38.6 Å². The topological polar surface area (TPSA) is 130 Å². The summed E-state index contributed by atoms with van der Waals surface area (Å²) in [6.07, 6.45) is 6.09. The van der Waals surface area contributed by atoms with Crippen molar-refractivity contribution in [2.45, 2.75) is 77.4 Å². The Bertz CT molecular complexity index is 475. The summed E-state index contributed by atoms with van der Waals surface area (Å²) < 4.78 is 31.5. The number of aliphatic hydroxyl groups excluding tert-OH is 2. The first kappa shape index (κ1) is 32.7. The average Bonchev–Trinajstić information content (AvgIpc) is 2.82. The van der Waals surface area contributed by atoms with Crippen LogP contribution in [-0.4, -0.2) is 100 Å². The highest BCUT2D eigenvalue weighted by Crippen LogP contribution is 2.09. The number of unbranched alkanes of at least 4 members (excludes halogenated alkanes) is 5. The van der Waals surface area contributed by atoms with Crippen molar-refractivity contribution in [2.75, 3.05) is 66.1 Å². The van der Waals surface area contributed by atoms with Crippen LogP contribution in [0.2, 0.25) is 0 Å². The molecule has 0 radical (unpaired) electrons. The monoisotopic (exact) mass is 494 g/mol. The number of hydrogen-bond donors (Lipinski definition) is 2. The molecule has 0 aromatic rings. The molecule has 34 heavy (non-hydrogen) atoms. The van der Waals surface area contributed by atoms with E-state index < -0.39 is 0 Å². The Kier molecular flexibility index (Phi) is 23.9. The maximum atomic E-state index is 11.7. The SMILES string of the molecule is CC(COCCOC(=O)CCCCCCCCC(=O)OCCOC(C)COCCO)OCCO. The first-order valence-electron chi connectivity index (χ1n) is 12.4. The zero-order valence-corrected chi connectivity index (χ0v) is 21.0. The van der Waals surface area contributed by atoms with Crippen LogP contribution in [0.15, 0.2) is 0 Å². The molecule has 10 nitrogen and oxygen atoms in total. The second kappa shape index (κ2) is 24.8. The minimum absolute atomic E-state index is 0.0136. The molecule has 202 valence electrons. The molecule has 0 saturated heterocycles. The van der Waals surface area contributed by atoms with Crippen LogP contribution < -0.4 is 0 Å². The van der Waals surface area contributed by atoms with Gasteiger partial charge in [0.15, 0.2) is 0 Å². The van der Waals surface area contributed by atoms with Crippen molar-refractivity contribution in [3.8, 4) is 0 Å². The van der Waals surface area contributed by atoms with Crippen molar-refractivity contribution in [3.05, 3.63) is 0 Å². The standard InChI is InChI=1S/C24H46O10/c1-21(31-14-12-26)20-30-15-16-33-23(27)9-7-5-3-4-6-8-10-24(28)34-18-17-32-22(2)19-29-13-11-25/h21-22,25-26H,3-20H2,1-2H3. The largest absolute Gasteiger partial charge is 0.463 e. The zero-order valence-electron chi connectivity index (χ0n) is 21.0. The molecule has 0 amide bonds. The van der Waals surface area contributed by atoms with Gasteiger partial charge >= 0.3 is 11.9 Å². The lowest BCUT2D eigenvalue weighted by Crippen LogP contribution is -2.20. The fraction of sp³-hybridized carbons (Fsp3) is 0.917. The quantitative estimate of drug-likeness (QED) is 0.144. The molecule has 0 aliphatic heterocycles. The van der Waals surface area contributed by atoms with Gasteiger partial charge in [0.1, 0.15) is 13.2 Å². The fourth-order valence-corrected chi connectivity index (χ4v) is 2.92. The summed E-state index contributed by atoms with van der Waals surface area (Å²) in [5.41, 5.74) is 0. The Morgan fingerprint density at radius 1 is 0.588 bits per heavy atom. The van der Waals surface area contributed by atoms with Crippen molar-refractivity contribution in [2.24, 2.45) is 0 Å². The number of esters is 2. The number of ether oxygens (including phenoxy) is 6. The molecule has 2 N–H and O–H groups in total. The number of hydrogen-bond acceptors (Lipinski definition) is 10. The van der Waals surface area contributed by atoms with Crippen molar-refractivity contribution >= 4 is 11.9 Å². The third-order valence-corrected chi connectivity index (χ3v) is 4.69. The van der Waals surface area contributed by atoms with Crippen molar-refractivity contribution in [1.29, 1.82) is 0 Å². The predicted octanol–water partition coefficient (Wildman–Crippen LogP) is 2.02. The number of aliphatic hydroxyl groups is 2. The van der Waals surface area contributed by atoms with E-state index in [1.54, 1.807) is 0 Å². The second-order valence-electron chi connectivity index (χ2n) is 8.02. The lowest BCUT2D eigenvalue weighted by Gasteiger charge is -2.13. The van der Waals surface area contributed by atoms with Crippen molar-refractivity contribution in [1.82, 2.24) is 0 Å². The van der Waals surface area contributed by atoms with Crippen LogP contribution in [0.3, 0.4) is 0 Å². The zero-order chi connectivity index (χ0) is 25.3. The smallest absolute Gasteiger partial charge is 0.305 e. The van der Waals surface area contributed by atoms with Crippen LogP contribution in [0.25, 0.3) is 0 Å². The first-order valence-corrected chi connectivity index (χ1v) is 12.4. The second-order valence-corrected chi connectivity index (χ2v) is 8.02. The molecule has 0 spiro atoms. The molecule has 10 heteroatoms. The van der Waals surface area contributed by atoms with E-state index in [-0.39, 0.29) is 63.8 Å². The van der Waals surface area contributed by atoms with Gasteiger partial charge < -0.3 is 38.6 Å². The van der Waals surface area contributed by atoms with Crippen LogP contribution in [0, 0.1) is 0 Å². The van der Waals surface area contributed by atoms with Crippen molar-refractivity contribution < 1.29 is 48.2 Å². The van der Waals surface area contributed by atoms with Gasteiger partial charge in [0, 0.05) is 12.8 Å². The summed E-state index contributed by atoms with van der Waals surface area (Å²) in [6, 6.07) is 0. The van der Waals surface area contributed by atoms with E-state index in [1.165, 1.54) is 0 Å². The molecule has 0 saturated carbocycles. The molecule has 2 unspecified atom stereocenters. The summed E-state index contributed by atoms with van der Waals surface area (Å²) in [5.74, 6) is -0.432. The number of carbonyl (C=O) groups excluding carboxylic acids is 2.